The highest BCUT2D eigenvalue weighted by atomic mass is 32.2. The molecule has 0 unspecified atom stereocenters. The molecule has 0 aliphatic carbocycles. The predicted molar refractivity (Wildman–Crippen MR) is 155 cm³/mol. The molecule has 7 nitrogen and oxygen atoms in total. The number of alkyl halides is 3. The highest BCUT2D eigenvalue weighted by Crippen LogP contribution is 2.29. The molecule has 2 aromatic carbocycles. The Morgan fingerprint density at radius 2 is 1.95 bits per heavy atom. The van der Waals surface area contributed by atoms with Crippen LogP contribution >= 0.6 is 11.8 Å². The van der Waals surface area contributed by atoms with Gasteiger partial charge in [-0.05, 0) is 73.4 Å². The van der Waals surface area contributed by atoms with Gasteiger partial charge in [-0.1, -0.05) is 18.2 Å². The third-order valence-corrected chi connectivity index (χ3v) is 7.82. The second-order valence-electron chi connectivity index (χ2n) is 10.5. The van der Waals surface area contributed by atoms with Crippen molar-refractivity contribution in [3.63, 3.8) is 0 Å². The molecule has 1 aliphatic heterocycles. The van der Waals surface area contributed by atoms with Crippen LogP contribution in [0, 0.1) is 5.82 Å². The molecule has 1 heterocycles. The minimum absolute atomic E-state index is 0.0488. The van der Waals surface area contributed by atoms with Gasteiger partial charge in [-0.25, -0.2) is 4.39 Å². The first-order valence-electron chi connectivity index (χ1n) is 14.0. The van der Waals surface area contributed by atoms with E-state index >= 15 is 0 Å². The van der Waals surface area contributed by atoms with E-state index in [1.165, 1.54) is 23.1 Å². The molecule has 3 rings (SSSR count). The Balaban J connectivity index is 1.82. The molecule has 2 amide bonds. The maximum absolute atomic E-state index is 14.5. The van der Waals surface area contributed by atoms with Crippen LogP contribution in [-0.2, 0) is 28.7 Å². The molecule has 0 saturated carbocycles. The molecular formula is C30H39F4N3O4S. The van der Waals surface area contributed by atoms with Gasteiger partial charge >= 0.3 is 6.18 Å². The molecule has 12 heteroatoms. The van der Waals surface area contributed by atoms with Crippen LogP contribution in [-0.4, -0.2) is 72.2 Å². The van der Waals surface area contributed by atoms with Gasteiger partial charge in [-0.2, -0.15) is 24.9 Å². The molecule has 0 saturated heterocycles. The lowest BCUT2D eigenvalue weighted by Gasteiger charge is -2.31. The number of fused-ring (bicyclic) bond motifs is 2. The van der Waals surface area contributed by atoms with E-state index in [4.69, 9.17) is 4.74 Å². The van der Waals surface area contributed by atoms with Gasteiger partial charge in [-0.15, -0.1) is 0 Å². The lowest BCUT2D eigenvalue weighted by Crippen LogP contribution is -2.55. The minimum atomic E-state index is -4.47. The summed E-state index contributed by atoms with van der Waals surface area (Å²) in [4.78, 5) is 27.9. The Hall–Kier alpha value is -2.83. The highest BCUT2D eigenvalue weighted by molar-refractivity contribution is 7.98. The molecule has 0 spiro atoms. The summed E-state index contributed by atoms with van der Waals surface area (Å²) in [6.45, 7) is 0.336. The standard InChI is InChI=1S/C30H39F4N3O4S/c1-37-26(10-12-42-2)29(40)36-25(27(38)19-35-18-20-7-6-8-22(13-20)30(32,33)34)16-21-14-23(31)17-24(15-21)41-11-5-3-4-9-28(37)39/h6-8,13-15,17,25-27,35,38H,3-5,9-12,16,18-19H2,1-2H3,(H,36,40)/t25-,26-,27+/m0/s1. The summed E-state index contributed by atoms with van der Waals surface area (Å²) in [5.74, 6) is -0.160. The topological polar surface area (TPSA) is 90.9 Å². The third kappa shape index (κ3) is 10.5. The van der Waals surface area contributed by atoms with Crippen molar-refractivity contribution < 1.29 is 37.0 Å². The first-order valence-corrected chi connectivity index (χ1v) is 15.4. The second kappa shape index (κ2) is 16.1. The molecule has 0 radical (unpaired) electrons. The van der Waals surface area contributed by atoms with Gasteiger partial charge in [0.25, 0.3) is 0 Å². The third-order valence-electron chi connectivity index (χ3n) is 7.18. The summed E-state index contributed by atoms with van der Waals surface area (Å²) in [6, 6.07) is 7.45. The lowest BCUT2D eigenvalue weighted by molar-refractivity contribution is -0.139. The molecule has 232 valence electrons. The van der Waals surface area contributed by atoms with Gasteiger partial charge in [-0.3, -0.25) is 9.59 Å². The van der Waals surface area contributed by atoms with Gasteiger partial charge in [0.05, 0.1) is 24.3 Å². The van der Waals surface area contributed by atoms with Gasteiger partial charge < -0.3 is 25.4 Å². The van der Waals surface area contributed by atoms with Crippen LogP contribution < -0.4 is 15.4 Å². The van der Waals surface area contributed by atoms with Crippen molar-refractivity contribution in [3.8, 4) is 5.75 Å². The van der Waals surface area contributed by atoms with Crippen LogP contribution in [0.3, 0.4) is 0 Å². The molecule has 0 aromatic heterocycles. The highest BCUT2D eigenvalue weighted by Gasteiger charge is 2.31. The van der Waals surface area contributed by atoms with Gasteiger partial charge in [0.15, 0.2) is 0 Å². The zero-order valence-corrected chi connectivity index (χ0v) is 24.7. The summed E-state index contributed by atoms with van der Waals surface area (Å²) >= 11 is 1.54. The largest absolute Gasteiger partial charge is 0.493 e. The summed E-state index contributed by atoms with van der Waals surface area (Å²) < 4.78 is 59.5. The van der Waals surface area contributed by atoms with Crippen LogP contribution in [0.5, 0.6) is 5.75 Å². The monoisotopic (exact) mass is 613 g/mol. The Morgan fingerprint density at radius 1 is 1.17 bits per heavy atom. The number of halogens is 4. The van der Waals surface area contributed by atoms with E-state index in [1.807, 2.05) is 6.26 Å². The average Bonchev–Trinajstić information content (AvgIpc) is 2.93. The smallest absolute Gasteiger partial charge is 0.416 e. The molecule has 3 atom stereocenters. The zero-order chi connectivity index (χ0) is 30.7. The summed E-state index contributed by atoms with van der Waals surface area (Å²) in [5.41, 5.74) is 0.0962. The number of nitrogens with one attached hydrogen (secondary N) is 2. The molecule has 42 heavy (non-hydrogen) atoms. The van der Waals surface area contributed by atoms with Crippen LogP contribution in [0.2, 0.25) is 0 Å². The van der Waals surface area contributed by atoms with Gasteiger partial charge in [0, 0.05) is 32.6 Å². The molecule has 2 aromatic rings. The zero-order valence-electron chi connectivity index (χ0n) is 23.9. The quantitative estimate of drug-likeness (QED) is 0.379. The Labute approximate surface area is 248 Å². The summed E-state index contributed by atoms with van der Waals surface area (Å²) in [5, 5.41) is 17.0. The first kappa shape index (κ1) is 33.7. The molecular weight excluding hydrogens is 574 g/mol. The Kier molecular flexibility index (Phi) is 12.9. The van der Waals surface area contributed by atoms with Crippen molar-refractivity contribution in [2.75, 3.05) is 32.2 Å². The van der Waals surface area contributed by atoms with Crippen molar-refractivity contribution in [1.29, 1.82) is 0 Å². The second-order valence-corrected chi connectivity index (χ2v) is 11.5. The number of nitrogens with zero attached hydrogens (tertiary/aromatic N) is 1. The van der Waals surface area contributed by atoms with E-state index < -0.39 is 41.7 Å². The number of hydrogen-bond acceptors (Lipinski definition) is 6. The fraction of sp³-hybridized carbons (Fsp3) is 0.533. The number of hydrogen-bond donors (Lipinski definition) is 3. The number of amides is 2. The van der Waals surface area contributed by atoms with E-state index in [2.05, 4.69) is 10.6 Å². The number of aliphatic hydroxyl groups excluding tert-OH is 1. The van der Waals surface area contributed by atoms with E-state index in [-0.39, 0.29) is 31.8 Å². The number of benzene rings is 2. The van der Waals surface area contributed by atoms with Gasteiger partial charge in [0.1, 0.15) is 17.6 Å². The lowest BCUT2D eigenvalue weighted by atomic mass is 9.99. The Bertz CT molecular complexity index is 1180. The predicted octanol–water partition coefficient (Wildman–Crippen LogP) is 4.56. The number of aliphatic hydroxyl groups is 1. The maximum Gasteiger partial charge on any atom is 0.416 e. The van der Waals surface area contributed by atoms with Crippen molar-refractivity contribution in [3.05, 3.63) is 65.0 Å². The first-order chi connectivity index (χ1) is 20.0. The fourth-order valence-electron chi connectivity index (χ4n) is 4.83. The van der Waals surface area contributed by atoms with Crippen molar-refractivity contribution >= 4 is 23.6 Å². The van der Waals surface area contributed by atoms with Crippen LogP contribution in [0.15, 0.2) is 42.5 Å². The van der Waals surface area contributed by atoms with E-state index in [9.17, 15) is 32.3 Å². The van der Waals surface area contributed by atoms with E-state index in [0.717, 1.165) is 18.6 Å². The molecule has 2 bridgehead atoms. The number of thioether (sulfide) groups is 1. The van der Waals surface area contributed by atoms with E-state index in [0.29, 0.717) is 48.5 Å². The summed E-state index contributed by atoms with van der Waals surface area (Å²) in [6.07, 6.45) is -0.980. The van der Waals surface area contributed by atoms with Crippen molar-refractivity contribution in [2.45, 2.75) is 69.4 Å². The Morgan fingerprint density at radius 3 is 2.69 bits per heavy atom. The fourth-order valence-corrected chi connectivity index (χ4v) is 5.29. The van der Waals surface area contributed by atoms with E-state index in [1.54, 1.807) is 30.9 Å². The molecule has 3 N–H and O–H groups in total. The normalized spacial score (nSPS) is 20.1. The molecule has 1 aliphatic rings. The van der Waals surface area contributed by atoms with Crippen LogP contribution in [0.1, 0.15) is 48.8 Å². The number of ether oxygens (including phenoxy) is 1. The van der Waals surface area contributed by atoms with Crippen molar-refractivity contribution in [1.82, 2.24) is 15.5 Å². The maximum atomic E-state index is 14.5. The number of rotatable bonds is 8. The molecule has 0 fully saturated rings. The number of carbonyl (C=O) groups is 2. The van der Waals surface area contributed by atoms with Crippen LogP contribution in [0.4, 0.5) is 17.6 Å². The number of likely N-dealkylation sites (N-methyl/N-ethyl adjacent to an activating group) is 1. The van der Waals surface area contributed by atoms with Crippen molar-refractivity contribution in [2.24, 2.45) is 0 Å². The van der Waals surface area contributed by atoms with Gasteiger partial charge in [0.2, 0.25) is 11.8 Å². The average molecular weight is 614 g/mol. The van der Waals surface area contributed by atoms with Crippen LogP contribution in [0.25, 0.3) is 0 Å². The SMILES string of the molecule is CSCC[C@H]1C(=O)N[C@H]([C@H](O)CNCc2cccc(C(F)(F)F)c2)Cc2cc(F)cc(c2)OCCCCCC(=O)N1C. The summed E-state index contributed by atoms with van der Waals surface area (Å²) in [7, 11) is 1.60. The minimum Gasteiger partial charge on any atom is -0.493 e. The number of carbonyl (C=O) groups excluding carboxylic acids is 2.